The fourth-order valence-electron chi connectivity index (χ4n) is 2.25. The van der Waals surface area contributed by atoms with Crippen LogP contribution in [0.4, 0.5) is 10.1 Å². The zero-order chi connectivity index (χ0) is 16.8. The second kappa shape index (κ2) is 7.71. The molecule has 7 heteroatoms. The fraction of sp³-hybridized carbons (Fsp3) is 0.438. The number of hydrogen-bond acceptors (Lipinski definition) is 4. The number of carbonyl (C=O) groups excluding carboxylic acids is 3. The van der Waals surface area contributed by atoms with Crippen molar-refractivity contribution in [2.24, 2.45) is 5.92 Å². The lowest BCUT2D eigenvalue weighted by atomic mass is 9.98. The number of nitrogens with one attached hydrogen (secondary N) is 1. The zero-order valence-electron chi connectivity index (χ0n) is 12.9. The summed E-state index contributed by atoms with van der Waals surface area (Å²) in [6.07, 6.45) is 0.974. The molecule has 6 nitrogen and oxygen atoms in total. The van der Waals surface area contributed by atoms with Crippen molar-refractivity contribution in [3.8, 4) is 0 Å². The minimum absolute atomic E-state index is 0.0163. The molecule has 2 amide bonds. The molecule has 0 unspecified atom stereocenters. The SMILES string of the molecule is COC(=O)CC[C@@H](C(=O)Nc1ccc(F)cc1)C(=O)N1CCC1. The monoisotopic (exact) mass is 322 g/mol. The number of esters is 1. The molecule has 0 bridgehead atoms. The van der Waals surface area contributed by atoms with E-state index in [0.717, 1.165) is 6.42 Å². The van der Waals surface area contributed by atoms with Crippen molar-refractivity contribution in [2.45, 2.75) is 19.3 Å². The molecule has 1 heterocycles. The Morgan fingerprint density at radius 1 is 1.26 bits per heavy atom. The van der Waals surface area contributed by atoms with Crippen LogP contribution in [-0.4, -0.2) is 42.9 Å². The Bertz CT molecular complexity index is 584. The molecule has 124 valence electrons. The van der Waals surface area contributed by atoms with Crippen molar-refractivity contribution >= 4 is 23.5 Å². The smallest absolute Gasteiger partial charge is 0.305 e. The highest BCUT2D eigenvalue weighted by atomic mass is 19.1. The lowest BCUT2D eigenvalue weighted by molar-refractivity contribution is -0.145. The van der Waals surface area contributed by atoms with E-state index < -0.39 is 23.6 Å². The summed E-state index contributed by atoms with van der Waals surface area (Å²) < 4.78 is 17.4. The van der Waals surface area contributed by atoms with E-state index >= 15 is 0 Å². The van der Waals surface area contributed by atoms with Gasteiger partial charge in [-0.1, -0.05) is 0 Å². The van der Waals surface area contributed by atoms with E-state index in [2.05, 4.69) is 10.1 Å². The summed E-state index contributed by atoms with van der Waals surface area (Å²) in [5.41, 5.74) is 0.399. The van der Waals surface area contributed by atoms with E-state index in [4.69, 9.17) is 0 Å². The third-order valence-electron chi connectivity index (χ3n) is 3.76. The van der Waals surface area contributed by atoms with E-state index in [1.807, 2.05) is 0 Å². The molecule has 23 heavy (non-hydrogen) atoms. The molecule has 0 aliphatic carbocycles. The number of methoxy groups -OCH3 is 1. The Kier molecular flexibility index (Phi) is 5.67. The van der Waals surface area contributed by atoms with E-state index in [9.17, 15) is 18.8 Å². The minimum atomic E-state index is -0.959. The molecular formula is C16H19FN2O4. The summed E-state index contributed by atoms with van der Waals surface area (Å²) in [6, 6.07) is 5.27. The van der Waals surface area contributed by atoms with Gasteiger partial charge in [-0.2, -0.15) is 0 Å². The van der Waals surface area contributed by atoms with Crippen LogP contribution in [0.5, 0.6) is 0 Å². The Hall–Kier alpha value is -2.44. The van der Waals surface area contributed by atoms with Crippen LogP contribution in [0, 0.1) is 11.7 Å². The Morgan fingerprint density at radius 3 is 2.43 bits per heavy atom. The summed E-state index contributed by atoms with van der Waals surface area (Å²) >= 11 is 0. The van der Waals surface area contributed by atoms with E-state index in [0.29, 0.717) is 18.8 Å². The average molecular weight is 322 g/mol. The first-order chi connectivity index (χ1) is 11.0. The maximum Gasteiger partial charge on any atom is 0.305 e. The number of benzene rings is 1. The maximum atomic E-state index is 12.9. The van der Waals surface area contributed by atoms with Crippen LogP contribution in [0.1, 0.15) is 19.3 Å². The highest BCUT2D eigenvalue weighted by molar-refractivity contribution is 6.06. The lowest BCUT2D eigenvalue weighted by Gasteiger charge is -2.33. The van der Waals surface area contributed by atoms with Crippen LogP contribution in [0.3, 0.4) is 0 Å². The van der Waals surface area contributed by atoms with Gasteiger partial charge in [0.1, 0.15) is 11.7 Å². The summed E-state index contributed by atoms with van der Waals surface area (Å²) in [7, 11) is 1.26. The third-order valence-corrected chi connectivity index (χ3v) is 3.76. The van der Waals surface area contributed by atoms with Gasteiger partial charge in [0, 0.05) is 25.2 Å². The molecule has 1 aliphatic rings. The molecule has 1 aromatic rings. The zero-order valence-corrected chi connectivity index (χ0v) is 12.9. The first kappa shape index (κ1) is 16.9. The van der Waals surface area contributed by atoms with Crippen LogP contribution < -0.4 is 5.32 Å². The van der Waals surface area contributed by atoms with Gasteiger partial charge < -0.3 is 15.0 Å². The normalized spacial score (nSPS) is 14.6. The molecule has 1 N–H and O–H groups in total. The standard InChI is InChI=1S/C16H19FN2O4/c1-23-14(20)8-7-13(16(22)19-9-2-10-19)15(21)18-12-5-3-11(17)4-6-12/h3-6,13H,2,7-10H2,1H3,(H,18,21)/t13-/m0/s1. The average Bonchev–Trinajstić information content (AvgIpc) is 2.47. The van der Waals surface area contributed by atoms with Crippen molar-refractivity contribution in [3.05, 3.63) is 30.1 Å². The number of likely N-dealkylation sites (tertiary alicyclic amines) is 1. The molecule has 0 aromatic heterocycles. The van der Waals surface area contributed by atoms with Gasteiger partial charge in [0.15, 0.2) is 0 Å². The third kappa shape index (κ3) is 4.51. The van der Waals surface area contributed by atoms with Crippen LogP contribution in [0.25, 0.3) is 0 Å². The predicted octanol–water partition coefficient (Wildman–Crippen LogP) is 1.57. The van der Waals surface area contributed by atoms with Crippen LogP contribution in [0.2, 0.25) is 0 Å². The summed E-state index contributed by atoms with van der Waals surface area (Å²) in [6.45, 7) is 1.24. The van der Waals surface area contributed by atoms with Crippen molar-refractivity contribution in [2.75, 3.05) is 25.5 Å². The molecular weight excluding hydrogens is 303 g/mol. The topological polar surface area (TPSA) is 75.7 Å². The van der Waals surface area contributed by atoms with Crippen molar-refractivity contribution in [1.82, 2.24) is 4.90 Å². The van der Waals surface area contributed by atoms with Crippen molar-refractivity contribution < 1.29 is 23.5 Å². The minimum Gasteiger partial charge on any atom is -0.469 e. The first-order valence-electron chi connectivity index (χ1n) is 7.43. The molecule has 0 saturated carbocycles. The van der Waals surface area contributed by atoms with Gasteiger partial charge in [0.2, 0.25) is 11.8 Å². The van der Waals surface area contributed by atoms with Gasteiger partial charge in [-0.3, -0.25) is 14.4 Å². The molecule has 0 spiro atoms. The summed E-state index contributed by atoms with van der Waals surface area (Å²) in [5, 5.41) is 2.59. The highest BCUT2D eigenvalue weighted by Crippen LogP contribution is 2.19. The molecule has 1 saturated heterocycles. The van der Waals surface area contributed by atoms with Crippen molar-refractivity contribution in [3.63, 3.8) is 0 Å². The molecule has 1 fully saturated rings. The number of amides is 2. The number of ether oxygens (including phenoxy) is 1. The van der Waals surface area contributed by atoms with Crippen LogP contribution >= 0.6 is 0 Å². The van der Waals surface area contributed by atoms with Crippen LogP contribution in [0.15, 0.2) is 24.3 Å². The fourth-order valence-corrected chi connectivity index (χ4v) is 2.25. The quantitative estimate of drug-likeness (QED) is 0.637. The molecule has 1 atom stereocenters. The second-order valence-corrected chi connectivity index (χ2v) is 5.34. The van der Waals surface area contributed by atoms with Gasteiger partial charge in [0.05, 0.1) is 7.11 Å². The number of anilines is 1. The van der Waals surface area contributed by atoms with Gasteiger partial charge in [-0.15, -0.1) is 0 Å². The molecule has 1 aliphatic heterocycles. The largest absolute Gasteiger partial charge is 0.469 e. The Balaban J connectivity index is 2.04. The molecule has 0 radical (unpaired) electrons. The van der Waals surface area contributed by atoms with Crippen LogP contribution in [-0.2, 0) is 19.1 Å². The van der Waals surface area contributed by atoms with E-state index in [-0.39, 0.29) is 18.7 Å². The van der Waals surface area contributed by atoms with Gasteiger partial charge in [-0.05, 0) is 37.1 Å². The van der Waals surface area contributed by atoms with Gasteiger partial charge in [-0.25, -0.2) is 4.39 Å². The Morgan fingerprint density at radius 2 is 1.91 bits per heavy atom. The van der Waals surface area contributed by atoms with Gasteiger partial charge >= 0.3 is 5.97 Å². The van der Waals surface area contributed by atoms with Crippen molar-refractivity contribution in [1.29, 1.82) is 0 Å². The summed E-state index contributed by atoms with van der Waals surface area (Å²) in [4.78, 5) is 37.6. The van der Waals surface area contributed by atoms with E-state index in [1.165, 1.54) is 31.4 Å². The molecule has 1 aromatic carbocycles. The number of rotatable bonds is 6. The number of halogens is 1. The number of nitrogens with zero attached hydrogens (tertiary/aromatic N) is 1. The van der Waals surface area contributed by atoms with E-state index in [1.54, 1.807) is 4.90 Å². The Labute approximate surface area is 133 Å². The lowest BCUT2D eigenvalue weighted by Crippen LogP contribution is -2.48. The van der Waals surface area contributed by atoms with Gasteiger partial charge in [0.25, 0.3) is 0 Å². The molecule has 2 rings (SSSR count). The first-order valence-corrected chi connectivity index (χ1v) is 7.43. The maximum absolute atomic E-state index is 12.9. The number of carbonyl (C=O) groups is 3. The highest BCUT2D eigenvalue weighted by Gasteiger charge is 2.33. The predicted molar refractivity (Wildman–Crippen MR) is 81.0 cm³/mol. The second-order valence-electron chi connectivity index (χ2n) is 5.34. The number of hydrogen-bond donors (Lipinski definition) is 1. The summed E-state index contributed by atoms with van der Waals surface area (Å²) in [5.74, 6) is -2.64.